The molecule has 8 nitrogen and oxygen atoms in total. The van der Waals surface area contributed by atoms with Gasteiger partial charge < -0.3 is 15.2 Å². The molecule has 2 saturated heterocycles. The van der Waals surface area contributed by atoms with Crippen LogP contribution in [0.3, 0.4) is 0 Å². The molecule has 0 radical (unpaired) electrons. The van der Waals surface area contributed by atoms with Crippen molar-refractivity contribution in [3.8, 4) is 0 Å². The van der Waals surface area contributed by atoms with Crippen molar-refractivity contribution in [3.63, 3.8) is 0 Å². The van der Waals surface area contributed by atoms with Crippen molar-refractivity contribution >= 4 is 11.9 Å². The van der Waals surface area contributed by atoms with Crippen molar-refractivity contribution in [2.75, 3.05) is 32.8 Å². The molecule has 32 heavy (non-hydrogen) atoms. The number of amides is 1. The summed E-state index contributed by atoms with van der Waals surface area (Å²) in [6.07, 6.45) is -1.09. The fourth-order valence-corrected chi connectivity index (χ4v) is 4.07. The number of hydrogen-bond acceptors (Lipinski definition) is 5. The number of ether oxygens (including phenoxy) is 1. The molecule has 2 atom stereocenters. The fourth-order valence-electron chi connectivity index (χ4n) is 4.07. The second kappa shape index (κ2) is 9.70. The first kappa shape index (κ1) is 23.7. The van der Waals surface area contributed by atoms with Gasteiger partial charge in [0.2, 0.25) is 0 Å². The lowest BCUT2D eigenvalue weighted by Crippen LogP contribution is -2.43. The summed E-state index contributed by atoms with van der Waals surface area (Å²) in [6, 6.07) is 9.39. The third-order valence-electron chi connectivity index (χ3n) is 5.64. The lowest BCUT2D eigenvalue weighted by Gasteiger charge is -2.27. The van der Waals surface area contributed by atoms with Crippen molar-refractivity contribution < 1.29 is 32.6 Å². The molecular formula is C21H25F3N4O4. The van der Waals surface area contributed by atoms with Crippen LogP contribution in [0.2, 0.25) is 0 Å². The van der Waals surface area contributed by atoms with Crippen LogP contribution in [0.4, 0.5) is 13.2 Å². The van der Waals surface area contributed by atoms with Crippen LogP contribution in [-0.4, -0.2) is 70.7 Å². The summed E-state index contributed by atoms with van der Waals surface area (Å²) in [5, 5.41) is 14.5. The molecular weight excluding hydrogens is 429 g/mol. The third-order valence-corrected chi connectivity index (χ3v) is 5.64. The van der Waals surface area contributed by atoms with Gasteiger partial charge in [-0.25, -0.2) is 4.79 Å². The van der Waals surface area contributed by atoms with Crippen molar-refractivity contribution in [1.82, 2.24) is 20.0 Å². The van der Waals surface area contributed by atoms with Gasteiger partial charge in [-0.2, -0.15) is 18.3 Å². The molecule has 0 aliphatic carbocycles. The molecule has 174 valence electrons. The average Bonchev–Trinajstić information content (AvgIpc) is 3.41. The monoisotopic (exact) mass is 454 g/mol. The highest BCUT2D eigenvalue weighted by atomic mass is 19.4. The molecule has 0 bridgehead atoms. The van der Waals surface area contributed by atoms with Crippen molar-refractivity contribution in [3.05, 3.63) is 53.9 Å². The molecule has 1 aromatic carbocycles. The number of aromatic nitrogens is 2. The van der Waals surface area contributed by atoms with Crippen LogP contribution in [0.25, 0.3) is 0 Å². The van der Waals surface area contributed by atoms with E-state index in [1.165, 1.54) is 5.56 Å². The SMILES string of the molecule is Cn1cc(CN2C[C@@H]3COC[C@]3(CNC(=O)c3ccccc3)C2)cn1.O=C(O)C(F)(F)F. The zero-order chi connectivity index (χ0) is 23.4. The number of hydrogen-bond donors (Lipinski definition) is 2. The number of carbonyl (C=O) groups is 2. The number of benzene rings is 1. The van der Waals surface area contributed by atoms with E-state index >= 15 is 0 Å². The van der Waals surface area contributed by atoms with Gasteiger partial charge in [0.05, 0.1) is 19.4 Å². The maximum absolute atomic E-state index is 12.4. The zero-order valence-electron chi connectivity index (χ0n) is 17.5. The Bertz CT molecular complexity index is 935. The number of carbonyl (C=O) groups excluding carboxylic acids is 1. The lowest BCUT2D eigenvalue weighted by atomic mass is 9.81. The smallest absolute Gasteiger partial charge is 0.475 e. The van der Waals surface area contributed by atoms with Gasteiger partial charge in [0.15, 0.2) is 0 Å². The van der Waals surface area contributed by atoms with Gasteiger partial charge in [-0.15, -0.1) is 0 Å². The highest BCUT2D eigenvalue weighted by molar-refractivity contribution is 5.94. The Hall–Kier alpha value is -2.92. The minimum Gasteiger partial charge on any atom is -0.475 e. The normalized spacial score (nSPS) is 22.7. The van der Waals surface area contributed by atoms with E-state index in [2.05, 4.69) is 21.5 Å². The summed E-state index contributed by atoms with van der Waals surface area (Å²) < 4.78 is 39.3. The highest BCUT2D eigenvalue weighted by Gasteiger charge is 2.50. The van der Waals surface area contributed by atoms with E-state index in [0.717, 1.165) is 32.8 Å². The minimum atomic E-state index is -5.08. The Kier molecular flexibility index (Phi) is 7.19. The van der Waals surface area contributed by atoms with Crippen molar-refractivity contribution in [2.24, 2.45) is 18.4 Å². The number of carboxylic acid groups (broad SMARTS) is 1. The van der Waals surface area contributed by atoms with Crippen molar-refractivity contribution in [2.45, 2.75) is 12.7 Å². The molecule has 4 rings (SSSR count). The van der Waals surface area contributed by atoms with Gasteiger partial charge >= 0.3 is 12.1 Å². The van der Waals surface area contributed by atoms with E-state index in [1.54, 1.807) is 0 Å². The molecule has 11 heteroatoms. The summed E-state index contributed by atoms with van der Waals surface area (Å²) in [7, 11) is 1.94. The molecule has 0 spiro atoms. The second-order valence-electron chi connectivity index (χ2n) is 8.12. The number of rotatable bonds is 5. The van der Waals surface area contributed by atoms with Crippen LogP contribution in [-0.2, 0) is 23.1 Å². The molecule has 0 unspecified atom stereocenters. The first-order valence-corrected chi connectivity index (χ1v) is 10.00. The number of fused-ring (bicyclic) bond motifs is 1. The number of halogens is 3. The topological polar surface area (TPSA) is 96.7 Å². The number of carboxylic acids is 1. The molecule has 2 aromatic rings. The van der Waals surface area contributed by atoms with E-state index in [0.29, 0.717) is 18.0 Å². The second-order valence-corrected chi connectivity index (χ2v) is 8.12. The first-order chi connectivity index (χ1) is 15.1. The maximum Gasteiger partial charge on any atom is 0.490 e. The van der Waals surface area contributed by atoms with Crippen LogP contribution < -0.4 is 5.32 Å². The van der Waals surface area contributed by atoms with Gasteiger partial charge in [-0.05, 0) is 12.1 Å². The van der Waals surface area contributed by atoms with Crippen LogP contribution >= 0.6 is 0 Å². The number of nitrogens with one attached hydrogen (secondary N) is 1. The summed E-state index contributed by atoms with van der Waals surface area (Å²) in [5.41, 5.74) is 1.96. The molecule has 3 heterocycles. The van der Waals surface area contributed by atoms with Gasteiger partial charge in [-0.1, -0.05) is 18.2 Å². The van der Waals surface area contributed by atoms with Gasteiger partial charge in [-0.3, -0.25) is 14.4 Å². The third kappa shape index (κ3) is 5.86. The van der Waals surface area contributed by atoms with Crippen LogP contribution in [0.5, 0.6) is 0 Å². The molecule has 1 aromatic heterocycles. The van der Waals surface area contributed by atoms with E-state index in [-0.39, 0.29) is 11.3 Å². The average molecular weight is 454 g/mol. The summed E-state index contributed by atoms with van der Waals surface area (Å²) in [6.45, 7) is 5.02. The van der Waals surface area contributed by atoms with E-state index in [4.69, 9.17) is 14.6 Å². The summed E-state index contributed by atoms with van der Waals surface area (Å²) in [5.74, 6) is -2.29. The molecule has 0 saturated carbocycles. The van der Waals surface area contributed by atoms with Gasteiger partial charge in [0.1, 0.15) is 0 Å². The minimum absolute atomic E-state index is 0.00802. The lowest BCUT2D eigenvalue weighted by molar-refractivity contribution is -0.192. The van der Waals surface area contributed by atoms with E-state index < -0.39 is 12.1 Å². The fraction of sp³-hybridized carbons (Fsp3) is 0.476. The number of nitrogens with zero attached hydrogens (tertiary/aromatic N) is 3. The van der Waals surface area contributed by atoms with Crippen LogP contribution in [0.15, 0.2) is 42.7 Å². The Morgan fingerprint density at radius 3 is 2.59 bits per heavy atom. The largest absolute Gasteiger partial charge is 0.490 e. The van der Waals surface area contributed by atoms with Crippen LogP contribution in [0, 0.1) is 11.3 Å². The Morgan fingerprint density at radius 2 is 2.00 bits per heavy atom. The highest BCUT2D eigenvalue weighted by Crippen LogP contribution is 2.41. The van der Waals surface area contributed by atoms with E-state index in [1.807, 2.05) is 48.3 Å². The quantitative estimate of drug-likeness (QED) is 0.717. The first-order valence-electron chi connectivity index (χ1n) is 10.00. The molecule has 2 N–H and O–H groups in total. The van der Waals surface area contributed by atoms with Gasteiger partial charge in [0.25, 0.3) is 5.91 Å². The Balaban J connectivity index is 0.000000360. The van der Waals surface area contributed by atoms with E-state index in [9.17, 15) is 18.0 Å². The molecule has 2 aliphatic rings. The number of alkyl halides is 3. The number of aliphatic carboxylic acids is 1. The number of aryl methyl sites for hydroxylation is 1. The number of likely N-dealkylation sites (tertiary alicyclic amines) is 1. The maximum atomic E-state index is 12.4. The predicted molar refractivity (Wildman–Crippen MR) is 108 cm³/mol. The zero-order valence-corrected chi connectivity index (χ0v) is 17.5. The Labute approximate surface area is 183 Å². The standard InChI is InChI=1S/C19H24N4O2.C2HF3O2/c1-22-8-15(7-21-22)9-23-10-17-11-25-14-19(17,13-23)12-20-18(24)16-5-3-2-4-6-16;3-2(4,5)1(6)7/h2-8,17H,9-14H2,1H3,(H,20,24);(H,6,7)/t17-,19+;/m1./s1. The summed E-state index contributed by atoms with van der Waals surface area (Å²) in [4.78, 5) is 23.7. The molecule has 2 fully saturated rings. The predicted octanol–water partition coefficient (Wildman–Crippen LogP) is 1.93. The summed E-state index contributed by atoms with van der Waals surface area (Å²) >= 11 is 0. The van der Waals surface area contributed by atoms with Gasteiger partial charge in [0, 0.05) is 61.9 Å². The van der Waals surface area contributed by atoms with Crippen molar-refractivity contribution in [1.29, 1.82) is 0 Å². The Morgan fingerprint density at radius 1 is 1.31 bits per heavy atom. The van der Waals surface area contributed by atoms with Crippen LogP contribution in [0.1, 0.15) is 15.9 Å². The molecule has 2 aliphatic heterocycles. The molecule has 1 amide bonds.